The number of amidine groups is 1. The number of hydrogen-bond acceptors (Lipinski definition) is 3. The van der Waals surface area contributed by atoms with Crippen LogP contribution in [0.5, 0.6) is 0 Å². The van der Waals surface area contributed by atoms with Gasteiger partial charge in [0.2, 0.25) is 0 Å². The summed E-state index contributed by atoms with van der Waals surface area (Å²) in [7, 11) is 3.02. The Morgan fingerprint density at radius 3 is 2.52 bits per heavy atom. The zero-order valence-electron chi connectivity index (χ0n) is 11.8. The molecule has 23 heavy (non-hydrogen) atoms. The number of rotatable bonds is 3. The van der Waals surface area contributed by atoms with Crippen LogP contribution < -0.4 is 10.2 Å². The fourth-order valence-electron chi connectivity index (χ4n) is 1.80. The van der Waals surface area contributed by atoms with E-state index in [1.54, 1.807) is 7.05 Å². The summed E-state index contributed by atoms with van der Waals surface area (Å²) in [6, 6.07) is 1.22. The van der Waals surface area contributed by atoms with Gasteiger partial charge in [0.05, 0.1) is 15.1 Å². The molecule has 0 unspecified atom stereocenters. The van der Waals surface area contributed by atoms with Crippen molar-refractivity contribution in [1.29, 1.82) is 0 Å². The number of imidazole rings is 1. The van der Waals surface area contributed by atoms with Crippen LogP contribution in [0.15, 0.2) is 11.1 Å². The van der Waals surface area contributed by atoms with Gasteiger partial charge >= 0.3 is 6.18 Å². The highest BCUT2D eigenvalue weighted by Crippen LogP contribution is 2.39. The topological polar surface area (TPSA) is 51.4 Å². The van der Waals surface area contributed by atoms with Gasteiger partial charge in [-0.3, -0.25) is 4.99 Å². The molecular weight excluding hydrogens is 380 g/mol. The summed E-state index contributed by atoms with van der Waals surface area (Å²) in [5.74, 6) is -0.977. The Morgan fingerprint density at radius 2 is 2.00 bits per heavy atom. The summed E-state index contributed by atoms with van der Waals surface area (Å²) in [6.45, 7) is -0.262. The fraction of sp³-hybridized carbons (Fsp3) is 0.333. The first-order chi connectivity index (χ1) is 10.7. The van der Waals surface area contributed by atoms with Gasteiger partial charge in [-0.1, -0.05) is 34.8 Å². The molecule has 0 aliphatic carbocycles. The summed E-state index contributed by atoms with van der Waals surface area (Å²) in [4.78, 5) is 12.5. The van der Waals surface area contributed by atoms with Crippen LogP contribution in [0, 0.1) is 0 Å². The van der Waals surface area contributed by atoms with E-state index in [0.717, 1.165) is 0 Å². The second kappa shape index (κ2) is 6.62. The smallest absolute Gasteiger partial charge is 0.404 e. The molecule has 0 saturated carbocycles. The molecule has 0 spiro atoms. The van der Waals surface area contributed by atoms with Crippen LogP contribution in [-0.4, -0.2) is 36.3 Å². The second-order valence-corrected chi connectivity index (χ2v) is 5.47. The molecule has 0 amide bonds. The third-order valence-electron chi connectivity index (χ3n) is 2.88. The van der Waals surface area contributed by atoms with E-state index >= 15 is 0 Å². The molecule has 5 nitrogen and oxygen atoms in total. The normalized spacial score (nSPS) is 12.8. The molecule has 0 radical (unpaired) electrons. The average molecular weight is 390 g/mol. The molecule has 2 aromatic rings. The van der Waals surface area contributed by atoms with Gasteiger partial charge in [-0.15, -0.1) is 0 Å². The second-order valence-electron chi connectivity index (χ2n) is 4.27. The number of fused-ring (bicyclic) bond motifs is 1. The summed E-state index contributed by atoms with van der Waals surface area (Å²) < 4.78 is 40.1. The van der Waals surface area contributed by atoms with Crippen molar-refractivity contribution in [3.05, 3.63) is 27.0 Å². The molecule has 1 aromatic heterocycles. The lowest BCUT2D eigenvalue weighted by Crippen LogP contribution is -2.31. The molecule has 2 rings (SSSR count). The molecule has 1 aromatic carbocycles. The average Bonchev–Trinajstić information content (AvgIpc) is 2.86. The molecule has 1 N–H and O–H groups in total. The maximum Gasteiger partial charge on any atom is 0.453 e. The van der Waals surface area contributed by atoms with Crippen molar-refractivity contribution in [1.82, 2.24) is 15.0 Å². The van der Waals surface area contributed by atoms with Crippen LogP contribution in [0.4, 0.5) is 13.2 Å². The van der Waals surface area contributed by atoms with E-state index in [9.17, 15) is 13.2 Å². The van der Waals surface area contributed by atoms with Gasteiger partial charge in [0.1, 0.15) is 16.9 Å². The van der Waals surface area contributed by atoms with Crippen LogP contribution in [0.3, 0.4) is 0 Å². The third-order valence-corrected chi connectivity index (χ3v) is 3.94. The highest BCUT2D eigenvalue weighted by Gasteiger charge is 2.40. The van der Waals surface area contributed by atoms with E-state index in [2.05, 4.69) is 15.3 Å². The summed E-state index contributed by atoms with van der Waals surface area (Å²) in [5.41, 5.74) is -0.323. The molecule has 0 fully saturated rings. The minimum absolute atomic E-state index is 0.0133. The minimum Gasteiger partial charge on any atom is -0.404 e. The van der Waals surface area contributed by atoms with E-state index in [1.165, 1.54) is 13.1 Å². The molecular formula is C12H10Cl3F3N4O. The lowest BCUT2D eigenvalue weighted by Gasteiger charge is -2.14. The van der Waals surface area contributed by atoms with Crippen molar-refractivity contribution < 1.29 is 18.0 Å². The Labute approximate surface area is 143 Å². The van der Waals surface area contributed by atoms with Gasteiger partial charge in [0.25, 0.3) is 5.82 Å². The number of hydrogen-bond donors (Lipinski definition) is 1. The molecule has 1 heterocycles. The molecule has 0 atom stereocenters. The van der Waals surface area contributed by atoms with Gasteiger partial charge in [-0.2, -0.15) is 17.9 Å². The van der Waals surface area contributed by atoms with Crippen molar-refractivity contribution >= 4 is 51.7 Å². The van der Waals surface area contributed by atoms with Crippen LogP contribution in [0.2, 0.25) is 15.1 Å². The van der Waals surface area contributed by atoms with Gasteiger partial charge < -0.3 is 10.2 Å². The molecule has 0 aliphatic heterocycles. The standard InChI is InChI=1S/C12H10Cl3F3N4O/c1-19-7(20-2)4-23-22-10-8(15)5(13)3-6(14)9(10)21-11(22)12(16,17)18/h3H,4H2,1-2H3,(H,19,20). The van der Waals surface area contributed by atoms with Gasteiger partial charge in [0, 0.05) is 14.1 Å². The van der Waals surface area contributed by atoms with E-state index < -0.39 is 12.0 Å². The fourth-order valence-corrected chi connectivity index (χ4v) is 2.52. The number of halogens is 6. The van der Waals surface area contributed by atoms with Crippen molar-refractivity contribution in [2.75, 3.05) is 20.7 Å². The first kappa shape index (κ1) is 18.0. The van der Waals surface area contributed by atoms with Crippen LogP contribution >= 0.6 is 34.8 Å². The maximum atomic E-state index is 13.2. The lowest BCUT2D eigenvalue weighted by molar-refractivity contribution is -0.154. The van der Waals surface area contributed by atoms with Gasteiger partial charge in [0.15, 0.2) is 6.61 Å². The molecule has 0 saturated heterocycles. The summed E-state index contributed by atoms with van der Waals surface area (Å²) in [5, 5.41) is 2.46. The molecule has 0 bridgehead atoms. The first-order valence-corrected chi connectivity index (χ1v) is 7.24. The van der Waals surface area contributed by atoms with Crippen molar-refractivity contribution in [2.24, 2.45) is 4.99 Å². The Morgan fingerprint density at radius 1 is 1.35 bits per heavy atom. The Balaban J connectivity index is 2.68. The number of likely N-dealkylation sites (N-methyl/N-ethyl adjacent to an activating group) is 1. The Kier molecular flexibility index (Phi) is 5.17. The van der Waals surface area contributed by atoms with Gasteiger partial charge in [-0.25, -0.2) is 4.98 Å². The SMILES string of the molecule is CN=C(COn1c(C(F)(F)F)nc2c(Cl)cc(Cl)c(Cl)c21)NC. The number of alkyl halides is 3. The van der Waals surface area contributed by atoms with Crippen molar-refractivity contribution in [3.8, 4) is 0 Å². The van der Waals surface area contributed by atoms with Crippen LogP contribution in [0.1, 0.15) is 5.82 Å². The Bertz CT molecular complexity index is 773. The monoisotopic (exact) mass is 388 g/mol. The van der Waals surface area contributed by atoms with E-state index in [-0.39, 0.29) is 32.7 Å². The van der Waals surface area contributed by atoms with Gasteiger partial charge in [-0.05, 0) is 6.07 Å². The van der Waals surface area contributed by atoms with Crippen molar-refractivity contribution in [2.45, 2.75) is 6.18 Å². The van der Waals surface area contributed by atoms with E-state index in [4.69, 9.17) is 39.6 Å². The van der Waals surface area contributed by atoms with Crippen molar-refractivity contribution in [3.63, 3.8) is 0 Å². The lowest BCUT2D eigenvalue weighted by atomic mass is 10.3. The highest BCUT2D eigenvalue weighted by molar-refractivity contribution is 6.47. The summed E-state index contributed by atoms with van der Waals surface area (Å²) >= 11 is 17.8. The van der Waals surface area contributed by atoms with E-state index in [0.29, 0.717) is 10.6 Å². The predicted octanol–water partition coefficient (Wildman–Crippen LogP) is 3.69. The Hall–Kier alpha value is -1.38. The maximum absolute atomic E-state index is 13.2. The quantitative estimate of drug-likeness (QED) is 0.495. The molecule has 0 aliphatic rings. The van der Waals surface area contributed by atoms with E-state index in [1.807, 2.05) is 0 Å². The number of nitrogens with zero attached hydrogens (tertiary/aromatic N) is 3. The third kappa shape index (κ3) is 3.44. The minimum atomic E-state index is -4.78. The van der Waals surface area contributed by atoms with Crippen LogP contribution in [0.25, 0.3) is 11.0 Å². The number of aromatic nitrogens is 2. The predicted molar refractivity (Wildman–Crippen MR) is 83.6 cm³/mol. The largest absolute Gasteiger partial charge is 0.453 e. The summed E-state index contributed by atoms with van der Waals surface area (Å²) in [6.07, 6.45) is -4.78. The molecule has 126 valence electrons. The number of nitrogens with one attached hydrogen (secondary N) is 1. The molecule has 11 heteroatoms. The van der Waals surface area contributed by atoms with Crippen LogP contribution in [-0.2, 0) is 6.18 Å². The zero-order valence-corrected chi connectivity index (χ0v) is 14.1. The number of benzene rings is 1. The first-order valence-electron chi connectivity index (χ1n) is 6.10. The number of aliphatic imine (C=N–C) groups is 1. The zero-order chi connectivity index (χ0) is 17.4. The highest BCUT2D eigenvalue weighted by atomic mass is 35.5.